The number of aliphatic imine (C=N–C) groups is 1. The third-order valence-corrected chi connectivity index (χ3v) is 6.16. The fraction of sp³-hybridized carbons (Fsp3) is 0.179. The van der Waals surface area contributed by atoms with Gasteiger partial charge in [0.15, 0.2) is 0 Å². The Labute approximate surface area is 177 Å². The molecule has 0 saturated carbocycles. The highest BCUT2D eigenvalue weighted by molar-refractivity contribution is 6.22. The molecule has 1 aliphatic carbocycles. The topological polar surface area (TPSA) is 32.6 Å². The minimum atomic E-state index is -1.17. The zero-order chi connectivity index (χ0) is 20.9. The number of hydrogen-bond acceptors (Lipinski definition) is 2. The van der Waals surface area contributed by atoms with Gasteiger partial charge in [-0.25, -0.2) is 4.99 Å². The maximum atomic E-state index is 12.2. The Kier molecular flexibility index (Phi) is 4.34. The molecule has 0 amide bonds. The monoisotopic (exact) mass is 391 g/mol. The molecule has 4 aromatic rings. The molecule has 0 fully saturated rings. The molecule has 2 nitrogen and oxygen atoms in total. The van der Waals surface area contributed by atoms with E-state index in [0.717, 1.165) is 50.0 Å². The molecule has 0 aromatic heterocycles. The van der Waals surface area contributed by atoms with E-state index in [1.54, 1.807) is 0 Å². The molecule has 1 N–H and O–H groups in total. The second-order valence-corrected chi connectivity index (χ2v) is 8.44. The van der Waals surface area contributed by atoms with Crippen LogP contribution < -0.4 is 0 Å². The van der Waals surface area contributed by atoms with Gasteiger partial charge in [0.2, 0.25) is 0 Å². The van der Waals surface area contributed by atoms with Crippen molar-refractivity contribution in [3.05, 3.63) is 112 Å². The van der Waals surface area contributed by atoms with Gasteiger partial charge in [-0.05, 0) is 53.8 Å². The fourth-order valence-corrected chi connectivity index (χ4v) is 4.92. The number of rotatable bonds is 3. The van der Waals surface area contributed by atoms with E-state index in [9.17, 15) is 5.11 Å². The minimum Gasteiger partial charge on any atom is -0.378 e. The molecule has 0 radical (unpaired) electrons. The van der Waals surface area contributed by atoms with Crippen LogP contribution in [0.2, 0.25) is 0 Å². The van der Waals surface area contributed by atoms with Crippen LogP contribution >= 0.6 is 0 Å². The summed E-state index contributed by atoms with van der Waals surface area (Å²) < 4.78 is 0. The SMILES string of the molecule is Cc1cc(C)c(N=C2c3cccc4cccc(c34)C2(O)Cc2ccccc2)c(C)c1. The summed E-state index contributed by atoms with van der Waals surface area (Å²) in [6, 6.07) is 26.9. The average Bonchev–Trinajstić information content (AvgIpc) is 2.95. The summed E-state index contributed by atoms with van der Waals surface area (Å²) in [4.78, 5) is 5.15. The van der Waals surface area contributed by atoms with Gasteiger partial charge in [-0.15, -0.1) is 0 Å². The highest BCUT2D eigenvalue weighted by Crippen LogP contribution is 2.44. The Balaban J connectivity index is 1.79. The van der Waals surface area contributed by atoms with Crippen LogP contribution in [0.5, 0.6) is 0 Å². The van der Waals surface area contributed by atoms with Crippen LogP contribution in [0.1, 0.15) is 33.4 Å². The molecule has 1 atom stereocenters. The smallest absolute Gasteiger partial charge is 0.137 e. The predicted molar refractivity (Wildman–Crippen MR) is 125 cm³/mol. The van der Waals surface area contributed by atoms with E-state index in [4.69, 9.17) is 4.99 Å². The van der Waals surface area contributed by atoms with E-state index in [-0.39, 0.29) is 0 Å². The standard InChI is InChI=1S/C28H25NO/c1-18-15-19(2)26(20(3)16-18)29-27-23-13-7-11-22-12-8-14-24(25(22)23)28(27,30)17-21-9-5-4-6-10-21/h4-16,30H,17H2,1-3H3. The number of hydrogen-bond donors (Lipinski definition) is 1. The Morgan fingerprint density at radius 1 is 0.800 bits per heavy atom. The number of aliphatic hydroxyl groups is 1. The first-order valence-corrected chi connectivity index (χ1v) is 10.4. The van der Waals surface area contributed by atoms with Crippen molar-refractivity contribution < 1.29 is 5.11 Å². The maximum absolute atomic E-state index is 12.2. The van der Waals surface area contributed by atoms with Crippen LogP contribution in [-0.4, -0.2) is 10.8 Å². The van der Waals surface area contributed by atoms with Crippen molar-refractivity contribution in [1.29, 1.82) is 0 Å². The third kappa shape index (κ3) is 2.88. The van der Waals surface area contributed by atoms with Crippen LogP contribution in [0.25, 0.3) is 10.8 Å². The Hall–Kier alpha value is -3.23. The lowest BCUT2D eigenvalue weighted by atomic mass is 9.86. The predicted octanol–water partition coefficient (Wildman–Crippen LogP) is 6.33. The molecule has 148 valence electrons. The Bertz CT molecular complexity index is 1270. The quantitative estimate of drug-likeness (QED) is 0.435. The highest BCUT2D eigenvalue weighted by Gasteiger charge is 2.44. The molecule has 1 aliphatic rings. The lowest BCUT2D eigenvalue weighted by molar-refractivity contribution is 0.116. The minimum absolute atomic E-state index is 0.490. The molecule has 1 unspecified atom stereocenters. The van der Waals surface area contributed by atoms with Gasteiger partial charge in [0.1, 0.15) is 5.60 Å². The first-order chi connectivity index (χ1) is 14.5. The number of aryl methyl sites for hydroxylation is 3. The largest absolute Gasteiger partial charge is 0.378 e. The van der Waals surface area contributed by atoms with E-state index in [0.29, 0.717) is 6.42 Å². The molecule has 0 heterocycles. The molecule has 5 rings (SSSR count). The summed E-state index contributed by atoms with van der Waals surface area (Å²) in [5, 5.41) is 14.5. The van der Waals surface area contributed by atoms with Crippen molar-refractivity contribution in [3.63, 3.8) is 0 Å². The lowest BCUT2D eigenvalue weighted by Crippen LogP contribution is -2.35. The van der Waals surface area contributed by atoms with Gasteiger partial charge in [-0.1, -0.05) is 84.4 Å². The van der Waals surface area contributed by atoms with Gasteiger partial charge in [0, 0.05) is 12.0 Å². The molecular formula is C28H25NO. The first-order valence-electron chi connectivity index (χ1n) is 10.4. The second kappa shape index (κ2) is 6.93. The van der Waals surface area contributed by atoms with Crippen LogP contribution in [0, 0.1) is 20.8 Å². The van der Waals surface area contributed by atoms with Crippen molar-refractivity contribution in [1.82, 2.24) is 0 Å². The molecule has 0 aliphatic heterocycles. The summed E-state index contributed by atoms with van der Waals surface area (Å²) >= 11 is 0. The van der Waals surface area contributed by atoms with E-state index in [1.807, 2.05) is 30.3 Å². The second-order valence-electron chi connectivity index (χ2n) is 8.44. The maximum Gasteiger partial charge on any atom is 0.137 e. The van der Waals surface area contributed by atoms with Gasteiger partial charge < -0.3 is 5.11 Å². The van der Waals surface area contributed by atoms with Crippen molar-refractivity contribution in [2.24, 2.45) is 4.99 Å². The number of nitrogens with zero attached hydrogens (tertiary/aromatic N) is 1. The van der Waals surface area contributed by atoms with Crippen molar-refractivity contribution >= 4 is 22.2 Å². The molecule has 0 bridgehead atoms. The Morgan fingerprint density at radius 2 is 1.47 bits per heavy atom. The lowest BCUT2D eigenvalue weighted by Gasteiger charge is -2.26. The van der Waals surface area contributed by atoms with Crippen molar-refractivity contribution in [3.8, 4) is 0 Å². The van der Waals surface area contributed by atoms with E-state index in [2.05, 4.69) is 69.3 Å². The average molecular weight is 392 g/mol. The first kappa shape index (κ1) is 18.8. The van der Waals surface area contributed by atoms with Crippen molar-refractivity contribution in [2.75, 3.05) is 0 Å². The van der Waals surface area contributed by atoms with Crippen LogP contribution in [0.3, 0.4) is 0 Å². The summed E-state index contributed by atoms with van der Waals surface area (Å²) in [5.41, 5.74) is 7.08. The van der Waals surface area contributed by atoms with Crippen molar-refractivity contribution in [2.45, 2.75) is 32.8 Å². The van der Waals surface area contributed by atoms with Gasteiger partial charge in [0.05, 0.1) is 11.4 Å². The summed E-state index contributed by atoms with van der Waals surface area (Å²) in [6.07, 6.45) is 0.490. The molecular weight excluding hydrogens is 366 g/mol. The van der Waals surface area contributed by atoms with Gasteiger partial charge in [0.25, 0.3) is 0 Å². The van der Waals surface area contributed by atoms with E-state index < -0.39 is 5.60 Å². The molecule has 4 aromatic carbocycles. The summed E-state index contributed by atoms with van der Waals surface area (Å²) in [6.45, 7) is 6.30. The Morgan fingerprint density at radius 3 is 2.17 bits per heavy atom. The van der Waals surface area contributed by atoms with E-state index in [1.165, 1.54) is 5.56 Å². The van der Waals surface area contributed by atoms with Crippen LogP contribution in [-0.2, 0) is 12.0 Å². The van der Waals surface area contributed by atoms with Crippen LogP contribution in [0.15, 0.2) is 83.9 Å². The summed E-state index contributed by atoms with van der Waals surface area (Å²) in [7, 11) is 0. The molecule has 2 heteroatoms. The van der Waals surface area contributed by atoms with E-state index >= 15 is 0 Å². The molecule has 30 heavy (non-hydrogen) atoms. The highest BCUT2D eigenvalue weighted by atomic mass is 16.3. The van der Waals surface area contributed by atoms with Gasteiger partial charge in [-0.3, -0.25) is 0 Å². The number of benzene rings is 4. The third-order valence-electron chi connectivity index (χ3n) is 6.16. The zero-order valence-corrected chi connectivity index (χ0v) is 17.6. The summed E-state index contributed by atoms with van der Waals surface area (Å²) in [5.74, 6) is 0. The van der Waals surface area contributed by atoms with Gasteiger partial charge >= 0.3 is 0 Å². The fourth-order valence-electron chi connectivity index (χ4n) is 4.92. The molecule has 0 spiro atoms. The zero-order valence-electron chi connectivity index (χ0n) is 17.6. The van der Waals surface area contributed by atoms with Gasteiger partial charge in [-0.2, -0.15) is 0 Å². The molecule has 0 saturated heterocycles. The van der Waals surface area contributed by atoms with Crippen LogP contribution in [0.4, 0.5) is 5.69 Å². The normalized spacial score (nSPS) is 19.0.